The summed E-state index contributed by atoms with van der Waals surface area (Å²) in [5, 5.41) is 7.49. The van der Waals surface area contributed by atoms with Crippen LogP contribution in [0.1, 0.15) is 25.7 Å². The third-order valence-corrected chi connectivity index (χ3v) is 3.93. The average molecular weight is 252 g/mol. The van der Waals surface area contributed by atoms with E-state index in [9.17, 15) is 0 Å². The van der Waals surface area contributed by atoms with Crippen molar-refractivity contribution in [2.75, 3.05) is 44.3 Å². The van der Waals surface area contributed by atoms with Crippen LogP contribution in [0.4, 0.5) is 5.95 Å². The molecule has 0 radical (unpaired) electrons. The van der Waals surface area contributed by atoms with Gasteiger partial charge in [0, 0.05) is 18.5 Å². The summed E-state index contributed by atoms with van der Waals surface area (Å²) in [4.78, 5) is 6.72. The summed E-state index contributed by atoms with van der Waals surface area (Å²) in [5.74, 6) is 1.50. The van der Waals surface area contributed by atoms with E-state index in [1.807, 2.05) is 0 Å². The number of nitrogens with zero attached hydrogens (tertiary/aromatic N) is 3. The molecule has 0 bridgehead atoms. The molecule has 0 atom stereocenters. The zero-order valence-corrected chi connectivity index (χ0v) is 10.8. The molecule has 2 aliphatic rings. The van der Waals surface area contributed by atoms with E-state index in [0.717, 1.165) is 58.1 Å². The second kappa shape index (κ2) is 4.85. The van der Waals surface area contributed by atoms with Crippen molar-refractivity contribution in [2.24, 2.45) is 0 Å². The van der Waals surface area contributed by atoms with Crippen LogP contribution in [0.5, 0.6) is 0 Å². The lowest BCUT2D eigenvalue weighted by molar-refractivity contribution is 0.121. The Morgan fingerprint density at radius 2 is 1.94 bits per heavy atom. The molecule has 1 aromatic rings. The van der Waals surface area contributed by atoms with Crippen LogP contribution in [0.3, 0.4) is 0 Å². The normalized spacial score (nSPS) is 24.2. The summed E-state index contributed by atoms with van der Waals surface area (Å²) in [5.41, 5.74) is 0.0305. The molecule has 1 N–H and O–H groups in total. The van der Waals surface area contributed by atoms with Gasteiger partial charge in [-0.2, -0.15) is 4.98 Å². The Labute approximate surface area is 107 Å². The van der Waals surface area contributed by atoms with Crippen LogP contribution < -0.4 is 10.2 Å². The van der Waals surface area contributed by atoms with Crippen LogP contribution in [0, 0.1) is 0 Å². The smallest absolute Gasteiger partial charge is 0.266 e. The van der Waals surface area contributed by atoms with E-state index in [4.69, 9.17) is 9.26 Å². The van der Waals surface area contributed by atoms with Gasteiger partial charge in [0.1, 0.15) is 0 Å². The summed E-state index contributed by atoms with van der Waals surface area (Å²) >= 11 is 0. The van der Waals surface area contributed by atoms with E-state index in [-0.39, 0.29) is 5.41 Å². The molecule has 2 fully saturated rings. The number of aromatic nitrogens is 2. The van der Waals surface area contributed by atoms with Crippen molar-refractivity contribution in [1.29, 1.82) is 0 Å². The van der Waals surface area contributed by atoms with Gasteiger partial charge in [-0.1, -0.05) is 6.92 Å². The average Bonchev–Trinajstić information content (AvgIpc) is 2.91. The highest BCUT2D eigenvalue weighted by atomic mass is 16.5. The van der Waals surface area contributed by atoms with Crippen LogP contribution in [0.2, 0.25) is 0 Å². The molecule has 0 unspecified atom stereocenters. The van der Waals surface area contributed by atoms with E-state index in [1.165, 1.54) is 0 Å². The van der Waals surface area contributed by atoms with Gasteiger partial charge in [-0.05, 0) is 31.1 Å². The van der Waals surface area contributed by atoms with E-state index < -0.39 is 0 Å². The minimum absolute atomic E-state index is 0.0305. The molecular formula is C12H20N4O2. The highest BCUT2D eigenvalue weighted by molar-refractivity contribution is 5.29. The zero-order chi connectivity index (χ0) is 12.4. The van der Waals surface area contributed by atoms with Gasteiger partial charge in [0.25, 0.3) is 5.95 Å². The number of piperidine rings is 1. The van der Waals surface area contributed by atoms with E-state index in [2.05, 4.69) is 27.3 Å². The minimum Gasteiger partial charge on any atom is -0.378 e. The largest absolute Gasteiger partial charge is 0.378 e. The lowest BCUT2D eigenvalue weighted by atomic mass is 9.81. The fourth-order valence-corrected chi connectivity index (χ4v) is 2.55. The van der Waals surface area contributed by atoms with Crippen LogP contribution in [0.15, 0.2) is 4.52 Å². The second-order valence-corrected chi connectivity index (χ2v) is 5.31. The number of anilines is 1. The molecule has 0 saturated carbocycles. The van der Waals surface area contributed by atoms with E-state index >= 15 is 0 Å². The van der Waals surface area contributed by atoms with Crippen molar-refractivity contribution in [1.82, 2.24) is 15.5 Å². The van der Waals surface area contributed by atoms with Gasteiger partial charge in [0.15, 0.2) is 0 Å². The highest BCUT2D eigenvalue weighted by Gasteiger charge is 2.35. The molecule has 18 heavy (non-hydrogen) atoms. The van der Waals surface area contributed by atoms with Gasteiger partial charge < -0.3 is 19.5 Å². The number of ether oxygens (including phenoxy) is 1. The fourth-order valence-electron chi connectivity index (χ4n) is 2.55. The fraction of sp³-hybridized carbons (Fsp3) is 0.833. The first kappa shape index (κ1) is 11.9. The van der Waals surface area contributed by atoms with Crippen LogP contribution in [-0.4, -0.2) is 49.5 Å². The molecule has 0 spiro atoms. The van der Waals surface area contributed by atoms with Crippen LogP contribution in [0.25, 0.3) is 0 Å². The van der Waals surface area contributed by atoms with Crippen molar-refractivity contribution < 1.29 is 9.26 Å². The van der Waals surface area contributed by atoms with Gasteiger partial charge in [0.05, 0.1) is 13.2 Å². The van der Waals surface area contributed by atoms with Gasteiger partial charge in [0.2, 0.25) is 5.89 Å². The molecule has 0 amide bonds. The Bertz CT molecular complexity index is 395. The van der Waals surface area contributed by atoms with Gasteiger partial charge in [-0.3, -0.25) is 0 Å². The predicted octanol–water partition coefficient (Wildman–Crippen LogP) is 0.547. The van der Waals surface area contributed by atoms with Gasteiger partial charge in [-0.25, -0.2) is 0 Å². The molecule has 2 saturated heterocycles. The van der Waals surface area contributed by atoms with Crippen molar-refractivity contribution >= 4 is 5.95 Å². The standard InChI is InChI=1S/C12H20N4O2/c1-12(2-4-13-5-3-12)10-14-11(15-18-10)16-6-8-17-9-7-16/h13H,2-9H2,1H3. The third-order valence-electron chi connectivity index (χ3n) is 3.93. The summed E-state index contributed by atoms with van der Waals surface area (Å²) in [6.07, 6.45) is 2.11. The topological polar surface area (TPSA) is 63.4 Å². The number of hydrogen-bond acceptors (Lipinski definition) is 6. The Balaban J connectivity index is 1.75. The quantitative estimate of drug-likeness (QED) is 0.829. The molecule has 6 nitrogen and oxygen atoms in total. The van der Waals surface area contributed by atoms with Crippen molar-refractivity contribution in [3.63, 3.8) is 0 Å². The molecule has 1 aromatic heterocycles. The van der Waals surface area contributed by atoms with Gasteiger partial charge >= 0.3 is 0 Å². The summed E-state index contributed by atoms with van der Waals surface area (Å²) < 4.78 is 10.8. The molecule has 0 aliphatic carbocycles. The number of nitrogens with one attached hydrogen (secondary N) is 1. The summed E-state index contributed by atoms with van der Waals surface area (Å²) in [7, 11) is 0. The van der Waals surface area contributed by atoms with E-state index in [1.54, 1.807) is 0 Å². The Hall–Kier alpha value is -1.14. The molecular weight excluding hydrogens is 232 g/mol. The SMILES string of the molecule is CC1(c2nc(N3CCOCC3)no2)CCNCC1. The van der Waals surface area contributed by atoms with Crippen LogP contribution in [-0.2, 0) is 10.2 Å². The first-order chi connectivity index (χ1) is 8.78. The summed E-state index contributed by atoms with van der Waals surface area (Å²) in [6, 6.07) is 0. The first-order valence-corrected chi connectivity index (χ1v) is 6.66. The lowest BCUT2D eigenvalue weighted by Crippen LogP contribution is -2.38. The Kier molecular flexibility index (Phi) is 3.22. The monoisotopic (exact) mass is 252 g/mol. The highest BCUT2D eigenvalue weighted by Crippen LogP contribution is 2.32. The second-order valence-electron chi connectivity index (χ2n) is 5.31. The molecule has 0 aromatic carbocycles. The Morgan fingerprint density at radius 1 is 1.22 bits per heavy atom. The molecule has 6 heteroatoms. The van der Waals surface area contributed by atoms with Crippen molar-refractivity contribution in [3.05, 3.63) is 5.89 Å². The number of morpholine rings is 1. The maximum atomic E-state index is 5.49. The van der Waals surface area contributed by atoms with Crippen molar-refractivity contribution in [2.45, 2.75) is 25.2 Å². The first-order valence-electron chi connectivity index (χ1n) is 6.66. The van der Waals surface area contributed by atoms with E-state index in [0.29, 0.717) is 5.95 Å². The molecule has 3 rings (SSSR count). The Morgan fingerprint density at radius 3 is 2.67 bits per heavy atom. The van der Waals surface area contributed by atoms with Gasteiger partial charge in [-0.15, -0.1) is 0 Å². The number of hydrogen-bond donors (Lipinski definition) is 1. The lowest BCUT2D eigenvalue weighted by Gasteiger charge is -2.30. The molecule has 3 heterocycles. The maximum absolute atomic E-state index is 5.49. The number of rotatable bonds is 2. The zero-order valence-electron chi connectivity index (χ0n) is 10.8. The summed E-state index contributed by atoms with van der Waals surface area (Å²) in [6.45, 7) is 7.42. The molecule has 100 valence electrons. The third kappa shape index (κ3) is 2.22. The maximum Gasteiger partial charge on any atom is 0.266 e. The van der Waals surface area contributed by atoms with Crippen molar-refractivity contribution in [3.8, 4) is 0 Å². The molecule has 2 aliphatic heterocycles. The predicted molar refractivity (Wildman–Crippen MR) is 66.8 cm³/mol. The van der Waals surface area contributed by atoms with Crippen LogP contribution >= 0.6 is 0 Å². The minimum atomic E-state index is 0.0305.